The Kier molecular flexibility index (Phi) is 12.5. The number of aliphatic hydroxyl groups excluding tert-OH is 1. The molecule has 3 aliphatic heterocycles. The molecule has 1 amide bonds. The fourth-order valence-electron chi connectivity index (χ4n) is 9.85. The highest BCUT2D eigenvalue weighted by Crippen LogP contribution is 2.41. The molecule has 2 atom stereocenters. The number of aryl methyl sites for hydroxylation is 1. The van der Waals surface area contributed by atoms with Crippen LogP contribution in [-0.2, 0) is 35.6 Å². The summed E-state index contributed by atoms with van der Waals surface area (Å²) in [6.07, 6.45) is 1.44. The van der Waals surface area contributed by atoms with Crippen LogP contribution < -0.4 is 10.3 Å². The van der Waals surface area contributed by atoms with E-state index >= 15 is 0 Å². The molecule has 1 fully saturated rings. The molecular formula is C50H56N8O9. The number of carbonyl (C=O) groups excluding carboxylic acids is 2. The van der Waals surface area contributed by atoms with Crippen molar-refractivity contribution in [1.82, 2.24) is 39.0 Å². The number of benzene rings is 3. The summed E-state index contributed by atoms with van der Waals surface area (Å²) < 4.78 is 14.0. The first kappa shape index (κ1) is 45.3. The Balaban J connectivity index is 0.772. The summed E-state index contributed by atoms with van der Waals surface area (Å²) in [5, 5.41) is 51.1. The first-order valence-electron chi connectivity index (χ1n) is 23.0. The van der Waals surface area contributed by atoms with Crippen LogP contribution in [0.4, 0.5) is 4.79 Å². The van der Waals surface area contributed by atoms with Gasteiger partial charge in [-0.1, -0.05) is 44.9 Å². The summed E-state index contributed by atoms with van der Waals surface area (Å²) in [6.45, 7) is 13.3. The number of piperazine rings is 1. The number of phenolic OH excluding ortho intramolecular Hbond substituents is 2. The van der Waals surface area contributed by atoms with Crippen molar-refractivity contribution in [2.45, 2.75) is 91.1 Å². The standard InChI is InChI=1S/C50H56N8O9/c1-6-30(56-19-17-55(18-20-56)25-29-10-12-31(13-11-29)58-46(52-53-49(58)64)37-22-34(28(3)4)42(59)24-43(37)60)9-8-16-54(5)50(65)67-32-14-15-40-35(21-32)33(7-2)38-26-57-41(44(38)51-40)23-36-39(47(57)62)27-66-48(63)45(36)61/h10-15,21-24,28,30,45,59-61H,6-9,16-20,25-27H2,1-5H3,(H,53,64). The zero-order chi connectivity index (χ0) is 47.3. The maximum absolute atomic E-state index is 13.5. The van der Waals surface area contributed by atoms with Gasteiger partial charge in [-0.2, -0.15) is 0 Å². The summed E-state index contributed by atoms with van der Waals surface area (Å²) in [6, 6.07) is 17.9. The van der Waals surface area contributed by atoms with Crippen LogP contribution in [0.15, 0.2) is 65.5 Å². The van der Waals surface area contributed by atoms with Crippen molar-refractivity contribution < 1.29 is 39.5 Å². The van der Waals surface area contributed by atoms with Crippen LogP contribution in [0.25, 0.3) is 39.4 Å². The second kappa shape index (κ2) is 18.5. The topological polar surface area (TPSA) is 209 Å². The molecule has 0 saturated carbocycles. The van der Waals surface area contributed by atoms with Gasteiger partial charge in [0.15, 0.2) is 11.9 Å². The number of cyclic esters (lactones) is 1. The Morgan fingerprint density at radius 1 is 0.940 bits per heavy atom. The molecule has 3 aromatic heterocycles. The number of esters is 1. The second-order valence-electron chi connectivity index (χ2n) is 18.0. The number of aliphatic hydroxyl groups is 1. The molecule has 17 nitrogen and oxygen atoms in total. The number of rotatable bonds is 13. The Morgan fingerprint density at radius 2 is 1.70 bits per heavy atom. The molecule has 9 rings (SSSR count). The van der Waals surface area contributed by atoms with Crippen LogP contribution in [0.1, 0.15) is 92.4 Å². The lowest BCUT2D eigenvalue weighted by Crippen LogP contribution is -2.50. The van der Waals surface area contributed by atoms with E-state index in [0.29, 0.717) is 65.0 Å². The first-order chi connectivity index (χ1) is 32.2. The fraction of sp³-hybridized carbons (Fsp3) is 0.400. The highest BCUT2D eigenvalue weighted by atomic mass is 16.6. The molecule has 1 saturated heterocycles. The third-order valence-corrected chi connectivity index (χ3v) is 13.6. The molecule has 350 valence electrons. The molecule has 0 spiro atoms. The Hall–Kier alpha value is -6.82. The van der Waals surface area contributed by atoms with Crippen LogP contribution in [0.3, 0.4) is 0 Å². The summed E-state index contributed by atoms with van der Waals surface area (Å²) in [5.41, 5.74) is 6.71. The van der Waals surface area contributed by atoms with Crippen LogP contribution in [0.5, 0.6) is 23.3 Å². The molecule has 6 aromatic rings. The van der Waals surface area contributed by atoms with Crippen molar-refractivity contribution in [3.8, 4) is 51.7 Å². The number of amides is 1. The smallest absolute Gasteiger partial charge is 0.414 e. The van der Waals surface area contributed by atoms with Gasteiger partial charge in [0.2, 0.25) is 0 Å². The van der Waals surface area contributed by atoms with Crippen molar-refractivity contribution in [2.24, 2.45) is 0 Å². The number of aromatic nitrogens is 5. The Morgan fingerprint density at radius 3 is 2.42 bits per heavy atom. The molecule has 0 bridgehead atoms. The van der Waals surface area contributed by atoms with Crippen molar-refractivity contribution in [3.63, 3.8) is 0 Å². The van der Waals surface area contributed by atoms with E-state index in [-0.39, 0.29) is 52.5 Å². The van der Waals surface area contributed by atoms with E-state index in [9.17, 15) is 34.8 Å². The molecule has 3 aromatic carbocycles. The number of hydrogen-bond donors (Lipinski definition) is 4. The largest absolute Gasteiger partial charge is 0.508 e. The fourth-order valence-corrected chi connectivity index (χ4v) is 9.85. The van der Waals surface area contributed by atoms with E-state index < -0.39 is 18.2 Å². The van der Waals surface area contributed by atoms with E-state index in [4.69, 9.17) is 14.5 Å². The number of phenols is 2. The molecule has 0 aliphatic carbocycles. The van der Waals surface area contributed by atoms with Gasteiger partial charge >= 0.3 is 18.1 Å². The maximum Gasteiger partial charge on any atom is 0.414 e. The average Bonchev–Trinajstić information content (AvgIpc) is 3.88. The predicted molar refractivity (Wildman–Crippen MR) is 249 cm³/mol. The van der Waals surface area contributed by atoms with E-state index in [1.54, 1.807) is 34.7 Å². The third-order valence-electron chi connectivity index (χ3n) is 13.6. The van der Waals surface area contributed by atoms with Crippen molar-refractivity contribution >= 4 is 23.0 Å². The van der Waals surface area contributed by atoms with Gasteiger partial charge in [-0.3, -0.25) is 14.6 Å². The Bertz CT molecular complexity index is 2940. The van der Waals surface area contributed by atoms with Crippen molar-refractivity contribution in [3.05, 3.63) is 104 Å². The molecule has 2 unspecified atom stereocenters. The normalized spacial score (nSPS) is 16.5. The van der Waals surface area contributed by atoms with Crippen LogP contribution >= 0.6 is 0 Å². The Labute approximate surface area is 387 Å². The van der Waals surface area contributed by atoms with Gasteiger partial charge in [0.05, 0.1) is 40.3 Å². The molecule has 6 heterocycles. The van der Waals surface area contributed by atoms with Crippen LogP contribution in [-0.4, -0.2) is 117 Å². The quantitative estimate of drug-likeness (QED) is 0.0928. The molecule has 67 heavy (non-hydrogen) atoms. The minimum atomic E-state index is -1.52. The van der Waals surface area contributed by atoms with E-state index in [1.807, 2.05) is 57.2 Å². The SMILES string of the molecule is CCc1c2c(nc3ccc(OC(=O)N(C)CCCC(CC)N4CCN(Cc5ccc(-n6c(O)nnc6-c6cc(C(C)C)c(O)cc6O)cc5)CC4)cc13)-c1cc3c(c(=O)n1C2)COC(=O)C3O. The predicted octanol–water partition coefficient (Wildman–Crippen LogP) is 6.37. The summed E-state index contributed by atoms with van der Waals surface area (Å²) in [5.74, 6) is -0.275. The summed E-state index contributed by atoms with van der Waals surface area (Å²) >= 11 is 0. The first-order valence-corrected chi connectivity index (χ1v) is 23.0. The zero-order valence-corrected chi connectivity index (χ0v) is 38.4. The number of aromatic hydroxyl groups is 3. The van der Waals surface area contributed by atoms with E-state index in [2.05, 4.69) is 26.9 Å². The van der Waals surface area contributed by atoms with Gasteiger partial charge in [0.1, 0.15) is 23.9 Å². The third kappa shape index (κ3) is 8.58. The van der Waals surface area contributed by atoms with Gasteiger partial charge in [0.25, 0.3) is 5.56 Å². The van der Waals surface area contributed by atoms with Gasteiger partial charge in [-0.15, -0.1) is 5.10 Å². The van der Waals surface area contributed by atoms with Gasteiger partial charge in [-0.25, -0.2) is 19.1 Å². The average molecular weight is 913 g/mol. The van der Waals surface area contributed by atoms with Gasteiger partial charge in [-0.05, 0) is 90.8 Å². The van der Waals surface area contributed by atoms with Crippen molar-refractivity contribution in [1.29, 1.82) is 0 Å². The number of pyridine rings is 2. The number of hydrogen-bond acceptors (Lipinski definition) is 14. The van der Waals surface area contributed by atoms with Gasteiger partial charge in [0, 0.05) is 74.9 Å². The van der Waals surface area contributed by atoms with E-state index in [1.165, 1.54) is 10.6 Å². The molecule has 3 aliphatic rings. The minimum Gasteiger partial charge on any atom is -0.508 e. The highest BCUT2D eigenvalue weighted by molar-refractivity contribution is 5.90. The number of carbonyl (C=O) groups is 2. The van der Waals surface area contributed by atoms with Crippen LogP contribution in [0.2, 0.25) is 0 Å². The molecule has 0 radical (unpaired) electrons. The van der Waals surface area contributed by atoms with Crippen LogP contribution in [0, 0.1) is 0 Å². The molecule has 17 heteroatoms. The maximum atomic E-state index is 13.5. The summed E-state index contributed by atoms with van der Waals surface area (Å²) in [7, 11) is 1.75. The minimum absolute atomic E-state index is 0.00164. The number of fused-ring (bicyclic) bond motifs is 5. The van der Waals surface area contributed by atoms with Gasteiger partial charge < -0.3 is 39.4 Å². The molecular weight excluding hydrogens is 857 g/mol. The lowest BCUT2D eigenvalue weighted by atomic mass is 9.97. The van der Waals surface area contributed by atoms with Crippen molar-refractivity contribution in [2.75, 3.05) is 39.8 Å². The monoisotopic (exact) mass is 912 g/mol. The lowest BCUT2D eigenvalue weighted by molar-refractivity contribution is -0.157. The number of nitrogens with zero attached hydrogens (tertiary/aromatic N) is 8. The molecule has 4 N–H and O–H groups in total. The number of ether oxygens (including phenoxy) is 2. The second-order valence-corrected chi connectivity index (χ2v) is 18.0. The zero-order valence-electron chi connectivity index (χ0n) is 38.4. The lowest BCUT2D eigenvalue weighted by Gasteiger charge is -2.39. The highest BCUT2D eigenvalue weighted by Gasteiger charge is 2.35. The summed E-state index contributed by atoms with van der Waals surface area (Å²) in [4.78, 5) is 50.4. The van der Waals surface area contributed by atoms with E-state index in [0.717, 1.165) is 74.1 Å².